The van der Waals surface area contributed by atoms with Crippen molar-refractivity contribution in [3.8, 4) is 0 Å². The molecule has 0 aliphatic heterocycles. The zero-order valence-corrected chi connectivity index (χ0v) is 13.3. The summed E-state index contributed by atoms with van der Waals surface area (Å²) in [7, 11) is 1.61. The third-order valence-electron chi connectivity index (χ3n) is 2.98. The molecule has 22 heavy (non-hydrogen) atoms. The van der Waals surface area contributed by atoms with Gasteiger partial charge in [-0.1, -0.05) is 42.1 Å². The first-order valence-corrected chi connectivity index (χ1v) is 7.63. The maximum absolute atomic E-state index is 11.9. The number of hydrogen-bond acceptors (Lipinski definition) is 4. The third kappa shape index (κ3) is 4.11. The number of rotatable bonds is 5. The summed E-state index contributed by atoms with van der Waals surface area (Å²) < 4.78 is 5.07. The molecule has 2 aromatic carbocycles. The molecular weight excluding hydrogens is 298 g/mol. The van der Waals surface area contributed by atoms with Crippen LogP contribution in [0.4, 0.5) is 0 Å². The van der Waals surface area contributed by atoms with Crippen LogP contribution in [-0.4, -0.2) is 18.9 Å². The molecule has 0 spiro atoms. The van der Waals surface area contributed by atoms with Gasteiger partial charge in [0.2, 0.25) is 0 Å². The van der Waals surface area contributed by atoms with Gasteiger partial charge in [0.15, 0.2) is 0 Å². The minimum absolute atomic E-state index is 0.124. The summed E-state index contributed by atoms with van der Waals surface area (Å²) in [5, 5.41) is 2.64. The lowest BCUT2D eigenvalue weighted by Gasteiger charge is -2.11. The van der Waals surface area contributed by atoms with Crippen LogP contribution in [-0.2, 0) is 16.1 Å². The summed E-state index contributed by atoms with van der Waals surface area (Å²) in [5.41, 5.74) is 1.53. The zero-order chi connectivity index (χ0) is 15.9. The van der Waals surface area contributed by atoms with Gasteiger partial charge in [-0.25, -0.2) is 0 Å². The van der Waals surface area contributed by atoms with E-state index in [0.717, 1.165) is 15.4 Å². The quantitative estimate of drug-likeness (QED) is 0.861. The molecule has 0 aliphatic carbocycles. The van der Waals surface area contributed by atoms with Gasteiger partial charge in [-0.2, -0.15) is 0 Å². The van der Waals surface area contributed by atoms with Crippen molar-refractivity contribution in [2.75, 3.05) is 7.05 Å². The van der Waals surface area contributed by atoms with E-state index in [4.69, 9.17) is 4.74 Å². The molecule has 0 aliphatic rings. The highest BCUT2D eigenvalue weighted by molar-refractivity contribution is 7.99. The van der Waals surface area contributed by atoms with Crippen LogP contribution in [0.15, 0.2) is 58.3 Å². The Labute approximate surface area is 133 Å². The number of nitrogens with one attached hydrogen (secondary N) is 1. The van der Waals surface area contributed by atoms with Crippen molar-refractivity contribution in [3.05, 3.63) is 59.7 Å². The summed E-state index contributed by atoms with van der Waals surface area (Å²) in [5.74, 6) is -0.439. The molecule has 0 fully saturated rings. The van der Waals surface area contributed by atoms with Crippen LogP contribution in [0.25, 0.3) is 0 Å². The average molecular weight is 315 g/mol. The molecule has 0 bridgehead atoms. The van der Waals surface area contributed by atoms with Gasteiger partial charge in [0, 0.05) is 29.3 Å². The SMILES string of the molecule is CNC(=O)c1ccccc1Sc1ccccc1COC(C)=O. The Balaban J connectivity index is 2.28. The first kappa shape index (κ1) is 16.1. The van der Waals surface area contributed by atoms with Crippen LogP contribution in [0.1, 0.15) is 22.8 Å². The number of ether oxygens (including phenoxy) is 1. The largest absolute Gasteiger partial charge is 0.461 e. The molecule has 114 valence electrons. The van der Waals surface area contributed by atoms with Gasteiger partial charge in [-0.3, -0.25) is 9.59 Å². The molecule has 5 heteroatoms. The summed E-state index contributed by atoms with van der Waals surface area (Å²) in [6.45, 7) is 1.61. The van der Waals surface area contributed by atoms with E-state index >= 15 is 0 Å². The maximum Gasteiger partial charge on any atom is 0.302 e. The van der Waals surface area contributed by atoms with Crippen LogP contribution >= 0.6 is 11.8 Å². The standard InChI is InChI=1S/C17H17NO3S/c1-12(19)21-11-13-7-3-5-9-15(13)22-16-10-6-4-8-14(16)17(20)18-2/h3-10H,11H2,1-2H3,(H,18,20). The average Bonchev–Trinajstić information content (AvgIpc) is 2.53. The topological polar surface area (TPSA) is 55.4 Å². The lowest BCUT2D eigenvalue weighted by atomic mass is 10.2. The van der Waals surface area contributed by atoms with E-state index < -0.39 is 0 Å². The van der Waals surface area contributed by atoms with Crippen molar-refractivity contribution in [3.63, 3.8) is 0 Å². The van der Waals surface area contributed by atoms with Gasteiger partial charge >= 0.3 is 5.97 Å². The molecule has 0 aromatic heterocycles. The Morgan fingerprint density at radius 3 is 2.36 bits per heavy atom. The van der Waals surface area contributed by atoms with Crippen molar-refractivity contribution >= 4 is 23.6 Å². The van der Waals surface area contributed by atoms with E-state index in [1.165, 1.54) is 18.7 Å². The monoisotopic (exact) mass is 315 g/mol. The number of hydrogen-bond donors (Lipinski definition) is 1. The molecule has 1 N–H and O–H groups in total. The van der Waals surface area contributed by atoms with Gasteiger partial charge in [0.05, 0.1) is 5.56 Å². The van der Waals surface area contributed by atoms with Crippen LogP contribution in [0.2, 0.25) is 0 Å². The highest BCUT2D eigenvalue weighted by Gasteiger charge is 2.12. The lowest BCUT2D eigenvalue weighted by molar-refractivity contribution is -0.142. The molecule has 2 rings (SSSR count). The van der Waals surface area contributed by atoms with Gasteiger partial charge < -0.3 is 10.1 Å². The fraction of sp³-hybridized carbons (Fsp3) is 0.176. The first-order chi connectivity index (χ1) is 10.6. The zero-order valence-electron chi connectivity index (χ0n) is 12.5. The second-order valence-corrected chi connectivity index (χ2v) is 5.65. The number of amides is 1. The Morgan fingerprint density at radius 1 is 1.05 bits per heavy atom. The van der Waals surface area contributed by atoms with E-state index in [-0.39, 0.29) is 18.5 Å². The first-order valence-electron chi connectivity index (χ1n) is 6.82. The van der Waals surface area contributed by atoms with Gasteiger partial charge in [-0.05, 0) is 18.2 Å². The van der Waals surface area contributed by atoms with Crippen molar-refractivity contribution in [1.82, 2.24) is 5.32 Å². The number of carbonyl (C=O) groups is 2. The minimum atomic E-state index is -0.314. The highest BCUT2D eigenvalue weighted by atomic mass is 32.2. The summed E-state index contributed by atoms with van der Waals surface area (Å²) in [6.07, 6.45) is 0. The van der Waals surface area contributed by atoms with Crippen molar-refractivity contribution in [2.45, 2.75) is 23.3 Å². The van der Waals surface area contributed by atoms with Gasteiger partial charge in [-0.15, -0.1) is 0 Å². The maximum atomic E-state index is 11.9. The third-order valence-corrected chi connectivity index (χ3v) is 4.18. The number of benzene rings is 2. The smallest absolute Gasteiger partial charge is 0.302 e. The van der Waals surface area contributed by atoms with Crippen LogP contribution in [0.5, 0.6) is 0 Å². The molecule has 4 nitrogen and oxygen atoms in total. The van der Waals surface area contributed by atoms with Crippen LogP contribution < -0.4 is 5.32 Å². The van der Waals surface area contributed by atoms with Crippen molar-refractivity contribution in [2.24, 2.45) is 0 Å². The fourth-order valence-corrected chi connectivity index (χ4v) is 2.96. The summed E-state index contributed by atoms with van der Waals surface area (Å²) >= 11 is 1.48. The Morgan fingerprint density at radius 2 is 1.68 bits per heavy atom. The second-order valence-electron chi connectivity index (χ2n) is 4.57. The highest BCUT2D eigenvalue weighted by Crippen LogP contribution is 2.33. The van der Waals surface area contributed by atoms with E-state index in [1.54, 1.807) is 13.1 Å². The molecule has 0 saturated carbocycles. The fourth-order valence-electron chi connectivity index (χ4n) is 1.90. The van der Waals surface area contributed by atoms with Crippen LogP contribution in [0, 0.1) is 0 Å². The predicted octanol–water partition coefficient (Wildman–Crippen LogP) is 3.26. The Hall–Kier alpha value is -2.27. The van der Waals surface area contributed by atoms with E-state index in [0.29, 0.717) is 5.56 Å². The Bertz CT molecular complexity index is 685. The number of esters is 1. The lowest BCUT2D eigenvalue weighted by Crippen LogP contribution is -2.18. The van der Waals surface area contributed by atoms with Crippen molar-refractivity contribution in [1.29, 1.82) is 0 Å². The predicted molar refractivity (Wildman–Crippen MR) is 85.9 cm³/mol. The molecule has 0 unspecified atom stereocenters. The van der Waals surface area contributed by atoms with Gasteiger partial charge in [0.1, 0.15) is 6.61 Å². The molecule has 0 saturated heterocycles. The summed E-state index contributed by atoms with van der Waals surface area (Å²) in [6, 6.07) is 15.1. The van der Waals surface area contributed by atoms with E-state index in [9.17, 15) is 9.59 Å². The molecule has 0 heterocycles. The Kier molecular flexibility index (Phi) is 5.61. The molecule has 1 amide bonds. The number of carbonyl (C=O) groups excluding carboxylic acids is 2. The van der Waals surface area contributed by atoms with E-state index in [2.05, 4.69) is 5.32 Å². The van der Waals surface area contributed by atoms with Crippen molar-refractivity contribution < 1.29 is 14.3 Å². The van der Waals surface area contributed by atoms with E-state index in [1.807, 2.05) is 42.5 Å². The summed E-state index contributed by atoms with van der Waals surface area (Å²) in [4.78, 5) is 24.7. The molecule has 0 radical (unpaired) electrons. The molecule has 0 atom stereocenters. The second kappa shape index (κ2) is 7.66. The minimum Gasteiger partial charge on any atom is -0.461 e. The van der Waals surface area contributed by atoms with Crippen LogP contribution in [0.3, 0.4) is 0 Å². The van der Waals surface area contributed by atoms with Gasteiger partial charge in [0.25, 0.3) is 5.91 Å². The molecular formula is C17H17NO3S. The molecule has 2 aromatic rings. The normalized spacial score (nSPS) is 10.1.